The zero-order valence-corrected chi connectivity index (χ0v) is 11.3. The smallest absolute Gasteiger partial charge is 0.305 e. The number of hydrogen-bond donors (Lipinski definition) is 2. The number of carbonyl (C=O) groups is 1. The van der Waals surface area contributed by atoms with Crippen LogP contribution in [0.5, 0.6) is 0 Å². The van der Waals surface area contributed by atoms with Gasteiger partial charge in [0.1, 0.15) is 0 Å². The molecule has 0 radical (unpaired) electrons. The first-order chi connectivity index (χ1) is 8.66. The van der Waals surface area contributed by atoms with Crippen molar-refractivity contribution in [1.82, 2.24) is 5.32 Å². The molecule has 3 unspecified atom stereocenters. The first kappa shape index (κ1) is 13.5. The molecular weight excluding hydrogens is 250 g/mol. The van der Waals surface area contributed by atoms with Gasteiger partial charge in [0, 0.05) is 17.5 Å². The summed E-state index contributed by atoms with van der Waals surface area (Å²) in [6.07, 6.45) is 1.18. The Morgan fingerprint density at radius 3 is 3.11 bits per heavy atom. The summed E-state index contributed by atoms with van der Waals surface area (Å²) in [5, 5.41) is 14.4. The van der Waals surface area contributed by atoms with Gasteiger partial charge in [-0.15, -0.1) is 11.3 Å². The average molecular weight is 269 g/mol. The molecule has 1 aromatic rings. The van der Waals surface area contributed by atoms with Gasteiger partial charge in [-0.25, -0.2) is 0 Å². The van der Waals surface area contributed by atoms with Crippen LogP contribution in [0.25, 0.3) is 0 Å². The Balaban J connectivity index is 1.98. The van der Waals surface area contributed by atoms with Crippen LogP contribution in [0.4, 0.5) is 0 Å². The number of nitrogens with one attached hydrogen (secondary N) is 1. The van der Waals surface area contributed by atoms with Gasteiger partial charge in [-0.2, -0.15) is 0 Å². The highest BCUT2D eigenvalue weighted by Crippen LogP contribution is 2.25. The molecule has 1 fully saturated rings. The lowest BCUT2D eigenvalue weighted by atomic mass is 9.99. The molecule has 0 saturated carbocycles. The second-order valence-corrected chi connectivity index (χ2v) is 5.72. The van der Waals surface area contributed by atoms with E-state index in [0.717, 1.165) is 24.5 Å². The molecule has 1 saturated heterocycles. The summed E-state index contributed by atoms with van der Waals surface area (Å²) in [5.74, 6) is -0.281. The van der Waals surface area contributed by atoms with Crippen LogP contribution in [0.3, 0.4) is 0 Å². The Hall–Kier alpha value is -0.910. The van der Waals surface area contributed by atoms with E-state index in [4.69, 9.17) is 9.84 Å². The predicted octanol–water partition coefficient (Wildman–Crippen LogP) is 2.28. The van der Waals surface area contributed by atoms with Crippen molar-refractivity contribution < 1.29 is 14.6 Å². The summed E-state index contributed by atoms with van der Waals surface area (Å²) < 4.78 is 5.38. The van der Waals surface area contributed by atoms with Crippen molar-refractivity contribution in [3.8, 4) is 0 Å². The highest BCUT2D eigenvalue weighted by Gasteiger charge is 2.26. The zero-order valence-electron chi connectivity index (χ0n) is 10.5. The molecule has 3 atom stereocenters. The molecule has 2 N–H and O–H groups in total. The second kappa shape index (κ2) is 6.31. The molecular formula is C13H19NO3S. The molecule has 0 aromatic carbocycles. The summed E-state index contributed by atoms with van der Waals surface area (Å²) >= 11 is 1.60. The van der Waals surface area contributed by atoms with Crippen LogP contribution >= 0.6 is 11.3 Å². The van der Waals surface area contributed by atoms with Crippen LogP contribution in [-0.2, 0) is 9.53 Å². The predicted molar refractivity (Wildman–Crippen MR) is 70.8 cm³/mol. The van der Waals surface area contributed by atoms with Gasteiger partial charge in [-0.3, -0.25) is 4.79 Å². The minimum atomic E-state index is -0.768. The first-order valence-electron chi connectivity index (χ1n) is 6.26. The van der Waals surface area contributed by atoms with Crippen molar-refractivity contribution in [2.75, 3.05) is 13.2 Å². The Labute approximate surface area is 111 Å². The molecule has 100 valence electrons. The third-order valence-electron chi connectivity index (χ3n) is 3.40. The molecule has 0 aliphatic carbocycles. The van der Waals surface area contributed by atoms with Gasteiger partial charge in [0.2, 0.25) is 0 Å². The molecule has 0 bridgehead atoms. The molecule has 2 heterocycles. The number of hydrogen-bond acceptors (Lipinski definition) is 4. The fourth-order valence-electron chi connectivity index (χ4n) is 2.31. The normalized spacial score (nSPS) is 22.8. The molecule has 2 rings (SSSR count). The fraction of sp³-hybridized carbons (Fsp3) is 0.615. The van der Waals surface area contributed by atoms with Crippen molar-refractivity contribution in [1.29, 1.82) is 0 Å². The van der Waals surface area contributed by atoms with Crippen LogP contribution in [-0.4, -0.2) is 30.3 Å². The van der Waals surface area contributed by atoms with Crippen molar-refractivity contribution in [3.63, 3.8) is 0 Å². The number of rotatable bonds is 6. The summed E-state index contributed by atoms with van der Waals surface area (Å²) in [7, 11) is 0. The van der Waals surface area contributed by atoms with Crippen LogP contribution in [0.15, 0.2) is 17.5 Å². The largest absolute Gasteiger partial charge is 0.481 e. The summed E-state index contributed by atoms with van der Waals surface area (Å²) in [4.78, 5) is 12.0. The van der Waals surface area contributed by atoms with Crippen LogP contribution < -0.4 is 5.32 Å². The Bertz CT molecular complexity index is 374. The van der Waals surface area contributed by atoms with Gasteiger partial charge in [0.25, 0.3) is 0 Å². The summed E-state index contributed by atoms with van der Waals surface area (Å²) in [6.45, 7) is 3.71. The number of carboxylic acid groups (broad SMARTS) is 1. The van der Waals surface area contributed by atoms with Crippen molar-refractivity contribution in [3.05, 3.63) is 22.4 Å². The third kappa shape index (κ3) is 3.54. The van der Waals surface area contributed by atoms with E-state index in [0.29, 0.717) is 5.92 Å². The van der Waals surface area contributed by atoms with E-state index >= 15 is 0 Å². The molecule has 5 heteroatoms. The Morgan fingerprint density at radius 1 is 1.72 bits per heavy atom. The summed E-state index contributed by atoms with van der Waals surface area (Å²) in [6, 6.07) is 4.13. The average Bonchev–Trinajstić information content (AvgIpc) is 3.01. The number of carboxylic acids is 1. The van der Waals surface area contributed by atoms with E-state index in [1.54, 1.807) is 11.3 Å². The van der Waals surface area contributed by atoms with Crippen LogP contribution in [0.1, 0.15) is 30.7 Å². The fourth-order valence-corrected chi connectivity index (χ4v) is 3.09. The molecule has 4 nitrogen and oxygen atoms in total. The Morgan fingerprint density at radius 2 is 2.56 bits per heavy atom. The van der Waals surface area contributed by atoms with Gasteiger partial charge in [-0.1, -0.05) is 6.07 Å². The molecule has 18 heavy (non-hydrogen) atoms. The summed E-state index contributed by atoms with van der Waals surface area (Å²) in [5.41, 5.74) is 0. The maximum absolute atomic E-state index is 10.9. The standard InChI is InChI=1S/C13H19NO3S/c1-9(10-4-5-17-8-10)14-11(7-13(15)16)12-3-2-6-18-12/h2-3,6,9-11,14H,4-5,7-8H2,1H3,(H,15,16). The van der Waals surface area contributed by atoms with E-state index in [1.807, 2.05) is 17.5 Å². The molecule has 1 aliphatic heterocycles. The molecule has 1 aromatic heterocycles. The van der Waals surface area contributed by atoms with E-state index < -0.39 is 5.97 Å². The maximum Gasteiger partial charge on any atom is 0.305 e. The lowest BCUT2D eigenvalue weighted by molar-refractivity contribution is -0.137. The van der Waals surface area contributed by atoms with Crippen LogP contribution in [0.2, 0.25) is 0 Å². The Kier molecular flexibility index (Phi) is 4.74. The van der Waals surface area contributed by atoms with Crippen LogP contribution in [0, 0.1) is 5.92 Å². The van der Waals surface area contributed by atoms with Gasteiger partial charge in [-0.05, 0) is 30.7 Å². The van der Waals surface area contributed by atoms with E-state index in [2.05, 4.69) is 12.2 Å². The minimum Gasteiger partial charge on any atom is -0.481 e. The van der Waals surface area contributed by atoms with Gasteiger partial charge in [0.15, 0.2) is 0 Å². The lowest BCUT2D eigenvalue weighted by Crippen LogP contribution is -2.37. The third-order valence-corrected chi connectivity index (χ3v) is 4.39. The first-order valence-corrected chi connectivity index (χ1v) is 7.13. The van der Waals surface area contributed by atoms with Gasteiger partial charge < -0.3 is 15.2 Å². The zero-order chi connectivity index (χ0) is 13.0. The van der Waals surface area contributed by atoms with Crippen molar-refractivity contribution >= 4 is 17.3 Å². The lowest BCUT2D eigenvalue weighted by Gasteiger charge is -2.25. The van der Waals surface area contributed by atoms with E-state index in [1.165, 1.54) is 0 Å². The molecule has 0 amide bonds. The van der Waals surface area contributed by atoms with Gasteiger partial charge in [0.05, 0.1) is 19.1 Å². The highest BCUT2D eigenvalue weighted by molar-refractivity contribution is 7.10. The quantitative estimate of drug-likeness (QED) is 0.832. The second-order valence-electron chi connectivity index (χ2n) is 4.74. The van der Waals surface area contributed by atoms with E-state index in [-0.39, 0.29) is 18.5 Å². The monoisotopic (exact) mass is 269 g/mol. The molecule has 1 aliphatic rings. The maximum atomic E-state index is 10.9. The number of aliphatic carboxylic acids is 1. The number of ether oxygens (including phenoxy) is 1. The topological polar surface area (TPSA) is 58.6 Å². The SMILES string of the molecule is CC(NC(CC(=O)O)c1cccs1)C1CCOC1. The van der Waals surface area contributed by atoms with Crippen molar-refractivity contribution in [2.45, 2.75) is 31.8 Å². The van der Waals surface area contributed by atoms with E-state index in [9.17, 15) is 4.79 Å². The highest BCUT2D eigenvalue weighted by atomic mass is 32.1. The molecule has 0 spiro atoms. The number of thiophene rings is 1. The van der Waals surface area contributed by atoms with Gasteiger partial charge >= 0.3 is 5.97 Å². The van der Waals surface area contributed by atoms with Crippen molar-refractivity contribution in [2.24, 2.45) is 5.92 Å². The minimum absolute atomic E-state index is 0.0990.